The van der Waals surface area contributed by atoms with E-state index in [1.54, 1.807) is 13.8 Å². The van der Waals surface area contributed by atoms with Crippen LogP contribution in [-0.4, -0.2) is 12.1 Å². The molecule has 1 aromatic heterocycles. The molecule has 1 rings (SSSR count). The lowest BCUT2D eigenvalue weighted by Crippen LogP contribution is -2.43. The smallest absolute Gasteiger partial charge is 0.397 e. The van der Waals surface area contributed by atoms with Gasteiger partial charge in [0.1, 0.15) is 17.5 Å². The Morgan fingerprint density at radius 3 is 2.60 bits per heavy atom. The fraction of sp³-hybridized carbons (Fsp3) is 0.444. The van der Waals surface area contributed by atoms with E-state index in [1.165, 1.54) is 6.07 Å². The lowest BCUT2D eigenvalue weighted by Gasteiger charge is -2.16. The van der Waals surface area contributed by atoms with E-state index in [9.17, 15) is 18.7 Å². The number of furan rings is 1. The van der Waals surface area contributed by atoms with Gasteiger partial charge in [0.2, 0.25) is 0 Å². The molecule has 0 N–H and O–H groups in total. The third kappa shape index (κ3) is 2.76. The molecule has 1 aromatic rings. The largest absolute Gasteiger partial charge is 0.542 e. The quantitative estimate of drug-likeness (QED) is 0.749. The summed E-state index contributed by atoms with van der Waals surface area (Å²) in [5.41, 5.74) is 0.383. The number of aryl methyl sites for hydroxylation is 2. The van der Waals surface area contributed by atoms with E-state index in [0.29, 0.717) is 17.1 Å². The van der Waals surface area contributed by atoms with Crippen LogP contribution in [0.3, 0.4) is 0 Å². The highest BCUT2D eigenvalue weighted by molar-refractivity contribution is 5.71. The molecule has 0 aromatic carbocycles. The highest BCUT2D eigenvalue weighted by Gasteiger charge is 2.32. The standard InChI is InChI=1S/C9H10F2O4/c1-5-3-7(6(2)15-5)4-14-9(10,11)8(12)13/h3H,4H2,1-2H3,(H,12,13)/p-1. The highest BCUT2D eigenvalue weighted by Crippen LogP contribution is 2.20. The molecule has 0 saturated heterocycles. The molecule has 0 spiro atoms. The van der Waals surface area contributed by atoms with Crippen LogP contribution >= 0.6 is 0 Å². The van der Waals surface area contributed by atoms with Crippen LogP contribution in [0, 0.1) is 13.8 Å². The Morgan fingerprint density at radius 2 is 2.20 bits per heavy atom. The molecule has 0 bridgehead atoms. The maximum Gasteiger partial charge on any atom is 0.397 e. The minimum absolute atomic E-state index is 0.383. The van der Waals surface area contributed by atoms with Crippen molar-refractivity contribution in [2.75, 3.05) is 0 Å². The molecule has 0 aliphatic rings. The SMILES string of the molecule is Cc1cc(COC(F)(F)C(=O)[O-])c(C)o1. The molecule has 0 aliphatic carbocycles. The second kappa shape index (κ2) is 3.98. The summed E-state index contributed by atoms with van der Waals surface area (Å²) in [6, 6.07) is 1.50. The van der Waals surface area contributed by atoms with Crippen molar-refractivity contribution in [3.8, 4) is 0 Å². The fourth-order valence-corrected chi connectivity index (χ4v) is 1.05. The van der Waals surface area contributed by atoms with E-state index in [-0.39, 0.29) is 0 Å². The lowest BCUT2D eigenvalue weighted by atomic mass is 10.2. The number of ether oxygens (including phenoxy) is 1. The Bertz CT molecular complexity index is 370. The third-order valence-corrected chi connectivity index (χ3v) is 1.79. The predicted octanol–water partition coefficient (Wildman–Crippen LogP) is 0.756. The van der Waals surface area contributed by atoms with Gasteiger partial charge in [0.05, 0.1) is 6.61 Å². The number of aliphatic carboxylic acids is 1. The van der Waals surface area contributed by atoms with Crippen molar-refractivity contribution in [3.63, 3.8) is 0 Å². The summed E-state index contributed by atoms with van der Waals surface area (Å²) in [4.78, 5) is 9.92. The zero-order chi connectivity index (χ0) is 11.6. The molecule has 0 radical (unpaired) electrons. The second-order valence-electron chi connectivity index (χ2n) is 3.03. The number of hydrogen-bond acceptors (Lipinski definition) is 4. The molecule has 0 fully saturated rings. The average molecular weight is 219 g/mol. The summed E-state index contributed by atoms with van der Waals surface area (Å²) in [5, 5.41) is 9.92. The van der Waals surface area contributed by atoms with Gasteiger partial charge < -0.3 is 19.1 Å². The number of carboxylic acids is 1. The average Bonchev–Trinajstić information content (AvgIpc) is 2.41. The van der Waals surface area contributed by atoms with E-state index in [2.05, 4.69) is 4.74 Å². The van der Waals surface area contributed by atoms with E-state index in [1.807, 2.05) is 0 Å². The van der Waals surface area contributed by atoms with Crippen molar-refractivity contribution in [2.45, 2.75) is 26.6 Å². The topological polar surface area (TPSA) is 62.5 Å². The Labute approximate surface area is 84.5 Å². The van der Waals surface area contributed by atoms with Gasteiger partial charge in [-0.1, -0.05) is 0 Å². The Balaban J connectivity index is 2.65. The molecular formula is C9H9F2O4-. The van der Waals surface area contributed by atoms with Crippen molar-refractivity contribution >= 4 is 5.97 Å². The maximum absolute atomic E-state index is 12.5. The molecular weight excluding hydrogens is 210 g/mol. The van der Waals surface area contributed by atoms with Crippen LogP contribution in [-0.2, 0) is 16.1 Å². The summed E-state index contributed by atoms with van der Waals surface area (Å²) in [5.74, 6) is -1.59. The summed E-state index contributed by atoms with van der Waals surface area (Å²) in [7, 11) is 0. The number of alkyl halides is 2. The van der Waals surface area contributed by atoms with Gasteiger partial charge in [0.15, 0.2) is 0 Å². The van der Waals surface area contributed by atoms with Crippen LogP contribution in [0.5, 0.6) is 0 Å². The van der Waals surface area contributed by atoms with Gasteiger partial charge in [-0.2, -0.15) is 8.78 Å². The molecule has 84 valence electrons. The van der Waals surface area contributed by atoms with Gasteiger partial charge in [0, 0.05) is 5.56 Å². The summed E-state index contributed by atoms with van der Waals surface area (Å²) < 4.78 is 33.9. The van der Waals surface area contributed by atoms with Crippen molar-refractivity contribution in [2.24, 2.45) is 0 Å². The lowest BCUT2D eigenvalue weighted by molar-refractivity contribution is -0.364. The summed E-state index contributed by atoms with van der Waals surface area (Å²) in [6.45, 7) is 2.68. The van der Waals surface area contributed by atoms with Gasteiger partial charge in [-0.05, 0) is 19.9 Å². The normalized spacial score (nSPS) is 11.7. The molecule has 15 heavy (non-hydrogen) atoms. The first-order chi connectivity index (χ1) is 6.83. The number of carbonyl (C=O) groups is 1. The van der Waals surface area contributed by atoms with E-state index in [4.69, 9.17) is 4.42 Å². The van der Waals surface area contributed by atoms with E-state index in [0.717, 1.165) is 0 Å². The van der Waals surface area contributed by atoms with Crippen LogP contribution in [0.15, 0.2) is 10.5 Å². The number of carboxylic acid groups (broad SMARTS) is 1. The van der Waals surface area contributed by atoms with Crippen molar-refractivity contribution < 1.29 is 27.8 Å². The van der Waals surface area contributed by atoms with E-state index < -0.39 is 18.7 Å². The number of carbonyl (C=O) groups excluding carboxylic acids is 1. The molecule has 1 heterocycles. The second-order valence-corrected chi connectivity index (χ2v) is 3.03. The molecule has 6 heteroatoms. The van der Waals surface area contributed by atoms with Crippen LogP contribution in [0.1, 0.15) is 17.1 Å². The van der Waals surface area contributed by atoms with Gasteiger partial charge in [-0.15, -0.1) is 0 Å². The minimum atomic E-state index is -4.28. The Morgan fingerprint density at radius 1 is 1.60 bits per heavy atom. The third-order valence-electron chi connectivity index (χ3n) is 1.79. The van der Waals surface area contributed by atoms with Crippen LogP contribution in [0.4, 0.5) is 8.78 Å². The molecule has 0 amide bonds. The first-order valence-corrected chi connectivity index (χ1v) is 4.12. The predicted molar refractivity (Wildman–Crippen MR) is 42.9 cm³/mol. The van der Waals surface area contributed by atoms with Crippen molar-refractivity contribution in [1.29, 1.82) is 0 Å². The number of hydrogen-bond donors (Lipinski definition) is 0. The monoisotopic (exact) mass is 219 g/mol. The van der Waals surface area contributed by atoms with Gasteiger partial charge in [0.25, 0.3) is 0 Å². The molecule has 0 unspecified atom stereocenters. The highest BCUT2D eigenvalue weighted by atomic mass is 19.3. The zero-order valence-electron chi connectivity index (χ0n) is 8.17. The molecule has 0 atom stereocenters. The van der Waals surface area contributed by atoms with Crippen LogP contribution < -0.4 is 5.11 Å². The minimum Gasteiger partial charge on any atom is -0.542 e. The number of rotatable bonds is 4. The molecule has 0 aliphatic heterocycles. The zero-order valence-corrected chi connectivity index (χ0v) is 8.17. The fourth-order valence-electron chi connectivity index (χ4n) is 1.05. The Kier molecular flexibility index (Phi) is 3.09. The first-order valence-electron chi connectivity index (χ1n) is 4.12. The van der Waals surface area contributed by atoms with Gasteiger partial charge >= 0.3 is 6.11 Å². The Hall–Kier alpha value is -1.43. The van der Waals surface area contributed by atoms with Crippen LogP contribution in [0.25, 0.3) is 0 Å². The molecule has 0 saturated carbocycles. The summed E-state index contributed by atoms with van der Waals surface area (Å²) >= 11 is 0. The first kappa shape index (κ1) is 11.6. The maximum atomic E-state index is 12.5. The van der Waals surface area contributed by atoms with Gasteiger partial charge in [-0.25, -0.2) is 0 Å². The summed E-state index contributed by atoms with van der Waals surface area (Å²) in [6.07, 6.45) is -4.28. The van der Waals surface area contributed by atoms with Crippen LogP contribution in [0.2, 0.25) is 0 Å². The number of halogens is 2. The van der Waals surface area contributed by atoms with E-state index >= 15 is 0 Å². The van der Waals surface area contributed by atoms with Gasteiger partial charge in [-0.3, -0.25) is 0 Å². The van der Waals surface area contributed by atoms with Crippen molar-refractivity contribution in [3.05, 3.63) is 23.2 Å². The van der Waals surface area contributed by atoms with Crippen molar-refractivity contribution in [1.82, 2.24) is 0 Å². The molecule has 4 nitrogen and oxygen atoms in total.